The number of benzene rings is 1. The summed E-state index contributed by atoms with van der Waals surface area (Å²) in [4.78, 5) is 12.8. The van der Waals surface area contributed by atoms with E-state index in [0.29, 0.717) is 0 Å². The SMILES string of the molecule is C=Cc1ccc(C(=O)Oc2cc(F)c(C#N)c(F)c2)s1. The van der Waals surface area contributed by atoms with Gasteiger partial charge in [-0.05, 0) is 12.1 Å². The minimum Gasteiger partial charge on any atom is -0.422 e. The molecule has 0 amide bonds. The summed E-state index contributed by atoms with van der Waals surface area (Å²) in [5, 5.41) is 8.53. The van der Waals surface area contributed by atoms with Gasteiger partial charge in [-0.1, -0.05) is 12.7 Å². The highest BCUT2D eigenvalue weighted by Crippen LogP contribution is 2.23. The molecule has 3 nitrogen and oxygen atoms in total. The van der Waals surface area contributed by atoms with Crippen molar-refractivity contribution in [2.45, 2.75) is 0 Å². The van der Waals surface area contributed by atoms with Gasteiger partial charge in [0.15, 0.2) is 0 Å². The lowest BCUT2D eigenvalue weighted by Gasteiger charge is -2.04. The first-order valence-electron chi connectivity index (χ1n) is 5.38. The summed E-state index contributed by atoms with van der Waals surface area (Å²) in [5.41, 5.74) is -0.713. The van der Waals surface area contributed by atoms with Crippen LogP contribution in [0.25, 0.3) is 6.08 Å². The van der Waals surface area contributed by atoms with E-state index in [4.69, 9.17) is 10.00 Å². The summed E-state index contributed by atoms with van der Waals surface area (Å²) in [5.74, 6) is -3.18. The summed E-state index contributed by atoms with van der Waals surface area (Å²) in [6.45, 7) is 3.56. The smallest absolute Gasteiger partial charge is 0.353 e. The fourth-order valence-corrected chi connectivity index (χ4v) is 2.18. The highest BCUT2D eigenvalue weighted by atomic mass is 32.1. The second-order valence-electron chi connectivity index (χ2n) is 3.67. The Morgan fingerprint density at radius 3 is 2.50 bits per heavy atom. The van der Waals surface area contributed by atoms with Crippen LogP contribution in [0.15, 0.2) is 30.8 Å². The molecule has 2 aromatic rings. The maximum Gasteiger partial charge on any atom is 0.353 e. The maximum atomic E-state index is 13.4. The Hall–Kier alpha value is -2.52. The van der Waals surface area contributed by atoms with E-state index in [1.807, 2.05) is 0 Å². The number of hydrogen-bond acceptors (Lipinski definition) is 4. The molecular formula is C14H7F2NO2S. The van der Waals surface area contributed by atoms with Crippen molar-refractivity contribution in [1.82, 2.24) is 0 Å². The zero-order valence-corrected chi connectivity index (χ0v) is 10.8. The number of nitrogens with zero attached hydrogens (tertiary/aromatic N) is 1. The van der Waals surface area contributed by atoms with Crippen LogP contribution in [0.1, 0.15) is 20.1 Å². The van der Waals surface area contributed by atoms with Crippen LogP contribution in [0.4, 0.5) is 8.78 Å². The molecule has 0 bridgehead atoms. The number of thiophene rings is 1. The number of nitriles is 1. The van der Waals surface area contributed by atoms with Crippen molar-refractivity contribution in [3.8, 4) is 11.8 Å². The Kier molecular flexibility index (Phi) is 3.91. The van der Waals surface area contributed by atoms with E-state index in [1.165, 1.54) is 12.1 Å². The molecule has 1 aromatic carbocycles. The Balaban J connectivity index is 2.24. The monoisotopic (exact) mass is 291 g/mol. The Morgan fingerprint density at radius 1 is 1.35 bits per heavy atom. The van der Waals surface area contributed by atoms with Gasteiger partial charge < -0.3 is 4.74 Å². The van der Waals surface area contributed by atoms with Crippen molar-refractivity contribution in [2.24, 2.45) is 0 Å². The number of hydrogen-bond donors (Lipinski definition) is 0. The second-order valence-corrected chi connectivity index (χ2v) is 4.78. The molecule has 0 atom stereocenters. The molecule has 0 N–H and O–H groups in total. The summed E-state index contributed by atoms with van der Waals surface area (Å²) in [6, 6.07) is 6.18. The lowest BCUT2D eigenvalue weighted by atomic mass is 10.2. The molecule has 6 heteroatoms. The van der Waals surface area contributed by atoms with Crippen LogP contribution in [-0.4, -0.2) is 5.97 Å². The predicted molar refractivity (Wildman–Crippen MR) is 70.4 cm³/mol. The zero-order chi connectivity index (χ0) is 14.7. The van der Waals surface area contributed by atoms with Gasteiger partial charge in [-0.2, -0.15) is 5.26 Å². The van der Waals surface area contributed by atoms with Crippen LogP contribution in [-0.2, 0) is 0 Å². The third-order valence-electron chi connectivity index (χ3n) is 2.37. The molecule has 0 spiro atoms. The summed E-state index contributed by atoms with van der Waals surface area (Å²) < 4.78 is 31.6. The second kappa shape index (κ2) is 5.63. The molecule has 0 unspecified atom stereocenters. The van der Waals surface area contributed by atoms with E-state index in [2.05, 4.69) is 6.58 Å². The number of rotatable bonds is 3. The Labute approximate surface area is 117 Å². The first-order chi connectivity index (χ1) is 9.55. The summed E-state index contributed by atoms with van der Waals surface area (Å²) in [7, 11) is 0. The highest BCUT2D eigenvalue weighted by molar-refractivity contribution is 7.14. The van der Waals surface area contributed by atoms with E-state index < -0.39 is 23.2 Å². The molecule has 0 fully saturated rings. The molecule has 2 rings (SSSR count). The van der Waals surface area contributed by atoms with Gasteiger partial charge in [0.05, 0.1) is 0 Å². The normalized spacial score (nSPS) is 9.85. The van der Waals surface area contributed by atoms with E-state index in [1.54, 1.807) is 12.1 Å². The van der Waals surface area contributed by atoms with Gasteiger partial charge in [-0.15, -0.1) is 11.3 Å². The van der Waals surface area contributed by atoms with Gasteiger partial charge in [0.1, 0.15) is 33.9 Å². The van der Waals surface area contributed by atoms with Crippen molar-refractivity contribution in [1.29, 1.82) is 5.26 Å². The lowest BCUT2D eigenvalue weighted by Crippen LogP contribution is -2.07. The Bertz CT molecular complexity index is 708. The molecule has 0 saturated carbocycles. The average Bonchev–Trinajstić information content (AvgIpc) is 2.87. The minimum absolute atomic E-state index is 0.282. The van der Waals surface area contributed by atoms with Crippen LogP contribution in [0.3, 0.4) is 0 Å². The first kappa shape index (κ1) is 13.9. The molecule has 0 radical (unpaired) electrons. The first-order valence-corrected chi connectivity index (χ1v) is 6.20. The molecular weight excluding hydrogens is 284 g/mol. The largest absolute Gasteiger partial charge is 0.422 e. The quantitative estimate of drug-likeness (QED) is 0.639. The van der Waals surface area contributed by atoms with Crippen LogP contribution < -0.4 is 4.74 Å². The van der Waals surface area contributed by atoms with Gasteiger partial charge in [0.2, 0.25) is 0 Å². The number of halogens is 2. The Morgan fingerprint density at radius 2 is 2.00 bits per heavy atom. The molecule has 20 heavy (non-hydrogen) atoms. The predicted octanol–water partition coefficient (Wildman–Crippen LogP) is 3.76. The maximum absolute atomic E-state index is 13.4. The minimum atomic E-state index is -1.08. The number of carbonyl (C=O) groups is 1. The molecule has 100 valence electrons. The lowest BCUT2D eigenvalue weighted by molar-refractivity contribution is 0.0739. The number of esters is 1. The highest BCUT2D eigenvalue weighted by Gasteiger charge is 2.15. The van der Waals surface area contributed by atoms with Crippen molar-refractivity contribution in [3.05, 3.63) is 57.8 Å². The van der Waals surface area contributed by atoms with Crippen LogP contribution >= 0.6 is 11.3 Å². The third kappa shape index (κ3) is 2.73. The zero-order valence-electron chi connectivity index (χ0n) is 10.0. The van der Waals surface area contributed by atoms with Crippen LogP contribution in [0, 0.1) is 23.0 Å². The van der Waals surface area contributed by atoms with Gasteiger partial charge in [0.25, 0.3) is 0 Å². The van der Waals surface area contributed by atoms with Crippen molar-refractivity contribution in [3.63, 3.8) is 0 Å². The van der Waals surface area contributed by atoms with Gasteiger partial charge >= 0.3 is 5.97 Å². The fourth-order valence-electron chi connectivity index (χ4n) is 1.45. The van der Waals surface area contributed by atoms with Crippen molar-refractivity contribution in [2.75, 3.05) is 0 Å². The molecule has 1 aromatic heterocycles. The van der Waals surface area contributed by atoms with E-state index in [-0.39, 0.29) is 10.6 Å². The van der Waals surface area contributed by atoms with Crippen molar-refractivity contribution >= 4 is 23.4 Å². The number of carbonyl (C=O) groups excluding carboxylic acids is 1. The van der Waals surface area contributed by atoms with Gasteiger partial charge in [-0.3, -0.25) is 0 Å². The molecule has 0 aliphatic heterocycles. The number of ether oxygens (including phenoxy) is 1. The van der Waals surface area contributed by atoms with E-state index in [9.17, 15) is 13.6 Å². The van der Waals surface area contributed by atoms with E-state index in [0.717, 1.165) is 28.3 Å². The van der Waals surface area contributed by atoms with Crippen molar-refractivity contribution < 1.29 is 18.3 Å². The van der Waals surface area contributed by atoms with Gasteiger partial charge in [-0.25, -0.2) is 13.6 Å². The van der Waals surface area contributed by atoms with E-state index >= 15 is 0 Å². The third-order valence-corrected chi connectivity index (χ3v) is 3.43. The fraction of sp³-hybridized carbons (Fsp3) is 0. The molecule has 0 saturated heterocycles. The topological polar surface area (TPSA) is 50.1 Å². The van der Waals surface area contributed by atoms with Gasteiger partial charge in [0, 0.05) is 17.0 Å². The molecule has 1 heterocycles. The van der Waals surface area contributed by atoms with Crippen LogP contribution in [0.5, 0.6) is 5.75 Å². The average molecular weight is 291 g/mol. The standard InChI is InChI=1S/C14H7F2NO2S/c1-2-9-3-4-13(20-9)14(18)19-8-5-11(15)10(7-17)12(16)6-8/h2-6H,1H2. The summed E-state index contributed by atoms with van der Waals surface area (Å²) in [6.07, 6.45) is 1.57. The molecule has 0 aliphatic rings. The molecule has 0 aliphatic carbocycles. The van der Waals surface area contributed by atoms with Crippen LogP contribution in [0.2, 0.25) is 0 Å². The summed E-state index contributed by atoms with van der Waals surface area (Å²) >= 11 is 1.14.